The van der Waals surface area contributed by atoms with E-state index in [0.29, 0.717) is 16.9 Å². The number of pyridine rings is 1. The van der Waals surface area contributed by atoms with Crippen LogP contribution in [-0.2, 0) is 0 Å². The van der Waals surface area contributed by atoms with Gasteiger partial charge in [-0.25, -0.2) is 4.98 Å². The molecule has 0 saturated heterocycles. The molecule has 0 unspecified atom stereocenters. The van der Waals surface area contributed by atoms with Crippen molar-refractivity contribution < 1.29 is 19.3 Å². The van der Waals surface area contributed by atoms with Gasteiger partial charge in [-0.3, -0.25) is 9.59 Å². The molecule has 0 fully saturated rings. The topological polar surface area (TPSA) is 69.5 Å². The lowest BCUT2D eigenvalue weighted by Gasteiger charge is -2.05. The van der Waals surface area contributed by atoms with Gasteiger partial charge in [-0.05, 0) is 24.3 Å². The third-order valence-electron chi connectivity index (χ3n) is 2.80. The fourth-order valence-electron chi connectivity index (χ4n) is 1.68. The predicted molar refractivity (Wildman–Crippen MR) is 72.7 cm³/mol. The smallest absolute Gasteiger partial charge is 0.252 e. The number of hydrogen-bond donors (Lipinski definition) is 1. The van der Waals surface area contributed by atoms with Crippen LogP contribution in [0, 0.1) is 0 Å². The first kappa shape index (κ1) is 13.7. The number of carbonyl (C=O) groups is 2. The number of amides is 1. The highest BCUT2D eigenvalue weighted by molar-refractivity contribution is 6.02. The Balaban J connectivity index is 1.93. The van der Waals surface area contributed by atoms with Crippen molar-refractivity contribution in [2.75, 3.05) is 13.7 Å². The molecule has 20 heavy (non-hydrogen) atoms. The first-order chi connectivity index (χ1) is 9.70. The number of methoxy groups -OCH3 is 1. The summed E-state index contributed by atoms with van der Waals surface area (Å²) in [7, 11) is 1.56. The Bertz CT molecular complexity index is 594. The summed E-state index contributed by atoms with van der Waals surface area (Å²) in [6.45, 7) is -0.0379. The lowest BCUT2D eigenvalue weighted by molar-refractivity contribution is -0.378. The quantitative estimate of drug-likeness (QED) is 0.828. The maximum atomic E-state index is 11.9. The van der Waals surface area contributed by atoms with Crippen LogP contribution < -0.4 is 15.0 Å². The van der Waals surface area contributed by atoms with E-state index < -0.39 is 0 Å². The van der Waals surface area contributed by atoms with Crippen LogP contribution in [0.4, 0.5) is 0 Å². The van der Waals surface area contributed by atoms with Crippen molar-refractivity contribution in [3.63, 3.8) is 0 Å². The SMILES string of the molecule is COc1ccc(C(=O)CNC(=O)c2cc[nH+]cc2)cc1. The minimum absolute atomic E-state index is 0.0379. The van der Waals surface area contributed by atoms with Crippen LogP contribution >= 0.6 is 0 Å². The lowest BCUT2D eigenvalue weighted by atomic mass is 10.1. The molecule has 5 nitrogen and oxygen atoms in total. The molecule has 1 aromatic heterocycles. The van der Waals surface area contributed by atoms with Gasteiger partial charge >= 0.3 is 0 Å². The van der Waals surface area contributed by atoms with Crippen molar-refractivity contribution in [2.24, 2.45) is 0 Å². The van der Waals surface area contributed by atoms with E-state index in [1.165, 1.54) is 0 Å². The fraction of sp³-hybridized carbons (Fsp3) is 0.133. The van der Waals surface area contributed by atoms with E-state index in [0.717, 1.165) is 0 Å². The minimum Gasteiger partial charge on any atom is -0.497 e. The van der Waals surface area contributed by atoms with E-state index >= 15 is 0 Å². The number of H-pyrrole nitrogens is 1. The second-order valence-corrected chi connectivity index (χ2v) is 4.12. The molecule has 1 heterocycles. The molecular weight excluding hydrogens is 256 g/mol. The second-order valence-electron chi connectivity index (χ2n) is 4.12. The summed E-state index contributed by atoms with van der Waals surface area (Å²) in [6, 6.07) is 10.1. The first-order valence-electron chi connectivity index (χ1n) is 6.12. The number of ether oxygens (including phenoxy) is 1. The van der Waals surface area contributed by atoms with Crippen LogP contribution in [0.3, 0.4) is 0 Å². The fourth-order valence-corrected chi connectivity index (χ4v) is 1.68. The van der Waals surface area contributed by atoms with E-state index in [2.05, 4.69) is 10.3 Å². The number of Topliss-reactive ketones (excluding diaryl/α,β-unsaturated/α-hetero) is 1. The molecule has 0 radical (unpaired) electrons. The molecule has 0 saturated carbocycles. The molecule has 2 aromatic rings. The van der Waals surface area contributed by atoms with Crippen molar-refractivity contribution >= 4 is 11.7 Å². The van der Waals surface area contributed by atoms with E-state index in [4.69, 9.17) is 4.74 Å². The summed E-state index contributed by atoms with van der Waals surface area (Å²) in [5, 5.41) is 2.59. The van der Waals surface area contributed by atoms with Gasteiger partial charge in [-0.15, -0.1) is 0 Å². The van der Waals surface area contributed by atoms with Gasteiger partial charge in [0, 0.05) is 17.7 Å². The molecule has 2 rings (SSSR count). The molecule has 1 amide bonds. The van der Waals surface area contributed by atoms with E-state index in [1.54, 1.807) is 55.9 Å². The minimum atomic E-state index is -0.277. The highest BCUT2D eigenvalue weighted by Crippen LogP contribution is 2.11. The Labute approximate surface area is 116 Å². The highest BCUT2D eigenvalue weighted by Gasteiger charge is 2.10. The summed E-state index contributed by atoms with van der Waals surface area (Å²) in [5.74, 6) is 0.260. The normalized spacial score (nSPS) is 9.85. The van der Waals surface area contributed by atoms with Gasteiger partial charge in [-0.2, -0.15) is 0 Å². The van der Waals surface area contributed by atoms with Gasteiger partial charge in [0.05, 0.1) is 19.2 Å². The van der Waals surface area contributed by atoms with Crippen LogP contribution in [0.1, 0.15) is 20.7 Å². The Morgan fingerprint density at radius 1 is 1.05 bits per heavy atom. The molecule has 5 heteroatoms. The summed E-state index contributed by atoms with van der Waals surface area (Å²) < 4.78 is 5.02. The van der Waals surface area contributed by atoms with Gasteiger partial charge < -0.3 is 10.1 Å². The Hall–Kier alpha value is -2.69. The highest BCUT2D eigenvalue weighted by atomic mass is 16.5. The van der Waals surface area contributed by atoms with Gasteiger partial charge in [0.25, 0.3) is 5.91 Å². The van der Waals surface area contributed by atoms with Crippen LogP contribution in [0.25, 0.3) is 0 Å². The molecule has 0 atom stereocenters. The van der Waals surface area contributed by atoms with Crippen LogP contribution in [0.5, 0.6) is 5.75 Å². The summed E-state index contributed by atoms with van der Waals surface area (Å²) in [4.78, 5) is 26.5. The molecule has 1 aromatic carbocycles. The molecule has 0 aliphatic carbocycles. The third kappa shape index (κ3) is 3.41. The molecule has 102 valence electrons. The standard InChI is InChI=1S/C15H14N2O3/c1-20-13-4-2-11(3-5-13)14(18)10-17-15(19)12-6-8-16-9-7-12/h2-9H,10H2,1H3,(H,17,19)/p+1. The lowest BCUT2D eigenvalue weighted by Crippen LogP contribution is -2.29. The molecular formula is C15H15N2O3+. The van der Waals surface area contributed by atoms with Gasteiger partial charge in [0.2, 0.25) is 0 Å². The molecule has 2 N–H and O–H groups in total. The maximum Gasteiger partial charge on any atom is 0.252 e. The van der Waals surface area contributed by atoms with Crippen LogP contribution in [0.2, 0.25) is 0 Å². The Kier molecular flexibility index (Phi) is 4.44. The first-order valence-corrected chi connectivity index (χ1v) is 6.12. The van der Waals surface area contributed by atoms with Crippen molar-refractivity contribution in [1.29, 1.82) is 0 Å². The Morgan fingerprint density at radius 2 is 1.70 bits per heavy atom. The molecule has 0 bridgehead atoms. The largest absolute Gasteiger partial charge is 0.497 e. The molecule has 0 spiro atoms. The number of aromatic amines is 1. The zero-order valence-electron chi connectivity index (χ0n) is 11.1. The number of rotatable bonds is 5. The van der Waals surface area contributed by atoms with Crippen molar-refractivity contribution in [3.05, 3.63) is 59.9 Å². The average Bonchev–Trinajstić information content (AvgIpc) is 2.53. The van der Waals surface area contributed by atoms with Crippen molar-refractivity contribution in [2.45, 2.75) is 0 Å². The number of aromatic nitrogens is 1. The third-order valence-corrected chi connectivity index (χ3v) is 2.80. The number of hydrogen-bond acceptors (Lipinski definition) is 3. The van der Waals surface area contributed by atoms with E-state index in [9.17, 15) is 9.59 Å². The second kappa shape index (κ2) is 6.47. The zero-order valence-corrected chi connectivity index (χ0v) is 11.1. The maximum absolute atomic E-state index is 11.9. The zero-order chi connectivity index (χ0) is 14.4. The van der Waals surface area contributed by atoms with Crippen molar-refractivity contribution in [1.82, 2.24) is 5.32 Å². The predicted octanol–water partition coefficient (Wildman–Crippen LogP) is 1.12. The summed E-state index contributed by atoms with van der Waals surface area (Å²) in [5.41, 5.74) is 1.04. The van der Waals surface area contributed by atoms with E-state index in [1.807, 2.05) is 0 Å². The van der Waals surface area contributed by atoms with Crippen LogP contribution in [0.15, 0.2) is 48.8 Å². The van der Waals surface area contributed by atoms with Gasteiger partial charge in [-0.1, -0.05) is 0 Å². The van der Waals surface area contributed by atoms with Crippen LogP contribution in [-0.4, -0.2) is 25.3 Å². The Morgan fingerprint density at radius 3 is 2.30 bits per heavy atom. The number of ketones is 1. The summed E-state index contributed by atoms with van der Waals surface area (Å²) >= 11 is 0. The molecule has 0 aliphatic rings. The number of carbonyl (C=O) groups excluding carboxylic acids is 2. The number of benzene rings is 1. The molecule has 0 aliphatic heterocycles. The summed E-state index contributed by atoms with van der Waals surface area (Å²) in [6.07, 6.45) is 3.31. The average molecular weight is 271 g/mol. The van der Waals surface area contributed by atoms with Gasteiger partial charge in [0.15, 0.2) is 18.2 Å². The number of nitrogens with one attached hydrogen (secondary N) is 2. The monoisotopic (exact) mass is 271 g/mol. The van der Waals surface area contributed by atoms with Gasteiger partial charge in [0.1, 0.15) is 5.75 Å². The van der Waals surface area contributed by atoms with E-state index in [-0.39, 0.29) is 18.2 Å². The van der Waals surface area contributed by atoms with Crippen molar-refractivity contribution in [3.8, 4) is 5.75 Å².